The van der Waals surface area contributed by atoms with E-state index in [0.717, 1.165) is 11.4 Å². The standard InChI is InChI=1S/C18H18N4O2/c1-3-24-16-11-9-14(10-12-16)19-18(23)17-13(2)20-22(21-17)15-7-5-4-6-8-15/h4-12H,3H2,1-2H3,(H,19,23). The molecular formula is C18H18N4O2. The summed E-state index contributed by atoms with van der Waals surface area (Å²) in [4.78, 5) is 13.9. The van der Waals surface area contributed by atoms with Gasteiger partial charge >= 0.3 is 0 Å². The Morgan fingerprint density at radius 2 is 1.79 bits per heavy atom. The molecule has 0 radical (unpaired) electrons. The van der Waals surface area contributed by atoms with Gasteiger partial charge in [-0.2, -0.15) is 9.90 Å². The predicted molar refractivity (Wildman–Crippen MR) is 91.7 cm³/mol. The summed E-state index contributed by atoms with van der Waals surface area (Å²) in [5.74, 6) is 0.473. The highest BCUT2D eigenvalue weighted by atomic mass is 16.5. The minimum atomic E-state index is -0.293. The van der Waals surface area contributed by atoms with E-state index in [0.29, 0.717) is 23.7 Å². The van der Waals surface area contributed by atoms with Gasteiger partial charge in [0.2, 0.25) is 0 Å². The largest absolute Gasteiger partial charge is 0.494 e. The van der Waals surface area contributed by atoms with Crippen LogP contribution < -0.4 is 10.1 Å². The van der Waals surface area contributed by atoms with E-state index in [1.165, 1.54) is 4.80 Å². The predicted octanol–water partition coefficient (Wildman–Crippen LogP) is 3.23. The summed E-state index contributed by atoms with van der Waals surface area (Å²) in [6, 6.07) is 16.7. The van der Waals surface area contributed by atoms with Crippen LogP contribution in [0.3, 0.4) is 0 Å². The summed E-state index contributed by atoms with van der Waals surface area (Å²) in [7, 11) is 0. The number of benzene rings is 2. The van der Waals surface area contributed by atoms with Gasteiger partial charge in [0.15, 0.2) is 5.69 Å². The Morgan fingerprint density at radius 1 is 1.08 bits per heavy atom. The summed E-state index contributed by atoms with van der Waals surface area (Å²) in [6.45, 7) is 4.29. The van der Waals surface area contributed by atoms with Crippen LogP contribution >= 0.6 is 0 Å². The van der Waals surface area contributed by atoms with Gasteiger partial charge in [-0.05, 0) is 50.2 Å². The van der Waals surface area contributed by atoms with Crippen LogP contribution in [-0.4, -0.2) is 27.5 Å². The average molecular weight is 322 g/mol. The fraction of sp³-hybridized carbons (Fsp3) is 0.167. The highest BCUT2D eigenvalue weighted by Crippen LogP contribution is 2.17. The summed E-state index contributed by atoms with van der Waals surface area (Å²) < 4.78 is 5.38. The van der Waals surface area contributed by atoms with Crippen LogP contribution in [0.15, 0.2) is 54.6 Å². The number of nitrogens with one attached hydrogen (secondary N) is 1. The lowest BCUT2D eigenvalue weighted by Crippen LogP contribution is -2.14. The smallest absolute Gasteiger partial charge is 0.278 e. The van der Waals surface area contributed by atoms with E-state index in [9.17, 15) is 4.79 Å². The molecule has 6 nitrogen and oxygen atoms in total. The number of aromatic nitrogens is 3. The molecule has 0 aliphatic rings. The van der Waals surface area contributed by atoms with Gasteiger partial charge in [0.1, 0.15) is 5.75 Å². The molecule has 1 aromatic heterocycles. The molecule has 0 aliphatic heterocycles. The number of carbonyl (C=O) groups excluding carboxylic acids is 1. The number of nitrogens with zero attached hydrogens (tertiary/aromatic N) is 3. The van der Waals surface area contributed by atoms with Gasteiger partial charge in [-0.1, -0.05) is 18.2 Å². The van der Waals surface area contributed by atoms with Crippen molar-refractivity contribution in [2.75, 3.05) is 11.9 Å². The Bertz CT molecular complexity index is 826. The minimum Gasteiger partial charge on any atom is -0.494 e. The van der Waals surface area contributed by atoms with Crippen molar-refractivity contribution in [3.05, 3.63) is 66.0 Å². The van der Waals surface area contributed by atoms with E-state index in [4.69, 9.17) is 4.74 Å². The Hall–Kier alpha value is -3.15. The summed E-state index contributed by atoms with van der Waals surface area (Å²) in [6.07, 6.45) is 0. The van der Waals surface area contributed by atoms with Crippen molar-refractivity contribution in [3.8, 4) is 11.4 Å². The maximum Gasteiger partial charge on any atom is 0.278 e. The zero-order valence-corrected chi connectivity index (χ0v) is 13.6. The van der Waals surface area contributed by atoms with Crippen LogP contribution in [0.1, 0.15) is 23.1 Å². The second-order valence-electron chi connectivity index (χ2n) is 5.17. The number of rotatable bonds is 5. The number of hydrogen-bond donors (Lipinski definition) is 1. The van der Waals surface area contributed by atoms with Gasteiger partial charge in [0.05, 0.1) is 18.0 Å². The fourth-order valence-corrected chi connectivity index (χ4v) is 2.26. The number of ether oxygens (including phenoxy) is 1. The molecule has 122 valence electrons. The molecule has 6 heteroatoms. The number of aryl methyl sites for hydroxylation is 1. The monoisotopic (exact) mass is 322 g/mol. The molecule has 3 aromatic rings. The van der Waals surface area contributed by atoms with E-state index in [-0.39, 0.29) is 5.91 Å². The quantitative estimate of drug-likeness (QED) is 0.783. The van der Waals surface area contributed by atoms with Crippen molar-refractivity contribution in [2.24, 2.45) is 0 Å². The van der Waals surface area contributed by atoms with Gasteiger partial charge in [0, 0.05) is 5.69 Å². The van der Waals surface area contributed by atoms with Crippen molar-refractivity contribution >= 4 is 11.6 Å². The number of para-hydroxylation sites is 1. The van der Waals surface area contributed by atoms with Crippen LogP contribution in [-0.2, 0) is 0 Å². The first kappa shape index (κ1) is 15.7. The van der Waals surface area contributed by atoms with Crippen molar-refractivity contribution in [2.45, 2.75) is 13.8 Å². The Balaban J connectivity index is 1.76. The molecule has 0 unspecified atom stereocenters. The van der Waals surface area contributed by atoms with Crippen LogP contribution in [0.2, 0.25) is 0 Å². The topological polar surface area (TPSA) is 69.0 Å². The van der Waals surface area contributed by atoms with E-state index in [1.807, 2.05) is 49.4 Å². The molecule has 24 heavy (non-hydrogen) atoms. The lowest BCUT2D eigenvalue weighted by molar-refractivity contribution is 0.102. The zero-order chi connectivity index (χ0) is 16.9. The molecule has 1 heterocycles. The van der Waals surface area contributed by atoms with Crippen LogP contribution in [0.25, 0.3) is 5.69 Å². The average Bonchev–Trinajstić information content (AvgIpc) is 3.00. The van der Waals surface area contributed by atoms with E-state index in [2.05, 4.69) is 15.5 Å². The molecule has 2 aromatic carbocycles. The summed E-state index contributed by atoms with van der Waals surface area (Å²) in [5.41, 5.74) is 2.35. The van der Waals surface area contributed by atoms with E-state index < -0.39 is 0 Å². The second-order valence-corrected chi connectivity index (χ2v) is 5.17. The normalized spacial score (nSPS) is 10.4. The van der Waals surface area contributed by atoms with Crippen molar-refractivity contribution in [3.63, 3.8) is 0 Å². The highest BCUT2D eigenvalue weighted by molar-refractivity contribution is 6.03. The summed E-state index contributed by atoms with van der Waals surface area (Å²) in [5, 5.41) is 11.4. The van der Waals surface area contributed by atoms with Crippen LogP contribution in [0.5, 0.6) is 5.75 Å². The first-order chi connectivity index (χ1) is 11.7. The first-order valence-corrected chi connectivity index (χ1v) is 7.71. The fourth-order valence-electron chi connectivity index (χ4n) is 2.26. The van der Waals surface area contributed by atoms with E-state index in [1.54, 1.807) is 19.1 Å². The maximum absolute atomic E-state index is 12.4. The molecule has 0 fully saturated rings. The van der Waals surface area contributed by atoms with Gasteiger partial charge in [0.25, 0.3) is 5.91 Å². The maximum atomic E-state index is 12.4. The van der Waals surface area contributed by atoms with Crippen molar-refractivity contribution in [1.82, 2.24) is 15.0 Å². The number of carbonyl (C=O) groups is 1. The SMILES string of the molecule is CCOc1ccc(NC(=O)c2nn(-c3ccccc3)nc2C)cc1. The molecule has 0 bridgehead atoms. The van der Waals surface area contributed by atoms with Crippen LogP contribution in [0, 0.1) is 6.92 Å². The van der Waals surface area contributed by atoms with Crippen LogP contribution in [0.4, 0.5) is 5.69 Å². The molecule has 0 saturated heterocycles. The number of hydrogen-bond acceptors (Lipinski definition) is 4. The lowest BCUT2D eigenvalue weighted by atomic mass is 10.2. The minimum absolute atomic E-state index is 0.293. The molecule has 3 rings (SSSR count). The van der Waals surface area contributed by atoms with Gasteiger partial charge in [-0.15, -0.1) is 5.10 Å². The molecular weight excluding hydrogens is 304 g/mol. The third-order valence-corrected chi connectivity index (χ3v) is 3.41. The van der Waals surface area contributed by atoms with Gasteiger partial charge in [-0.25, -0.2) is 0 Å². The van der Waals surface area contributed by atoms with Crippen molar-refractivity contribution < 1.29 is 9.53 Å². The van der Waals surface area contributed by atoms with Crippen molar-refractivity contribution in [1.29, 1.82) is 0 Å². The lowest BCUT2D eigenvalue weighted by Gasteiger charge is -2.06. The van der Waals surface area contributed by atoms with E-state index >= 15 is 0 Å². The third-order valence-electron chi connectivity index (χ3n) is 3.41. The third kappa shape index (κ3) is 3.43. The Labute approximate surface area is 140 Å². The Kier molecular flexibility index (Phi) is 4.56. The molecule has 0 spiro atoms. The molecule has 0 aliphatic carbocycles. The second kappa shape index (κ2) is 6.95. The molecule has 1 amide bonds. The highest BCUT2D eigenvalue weighted by Gasteiger charge is 2.16. The molecule has 1 N–H and O–H groups in total. The molecule has 0 atom stereocenters. The first-order valence-electron chi connectivity index (χ1n) is 7.71. The Morgan fingerprint density at radius 3 is 2.46 bits per heavy atom. The van der Waals surface area contributed by atoms with Gasteiger partial charge in [-0.3, -0.25) is 4.79 Å². The zero-order valence-electron chi connectivity index (χ0n) is 13.6. The summed E-state index contributed by atoms with van der Waals surface area (Å²) >= 11 is 0. The molecule has 0 saturated carbocycles. The number of amides is 1. The van der Waals surface area contributed by atoms with Gasteiger partial charge < -0.3 is 10.1 Å². The number of anilines is 1.